The highest BCUT2D eigenvalue weighted by Gasteiger charge is 2.39. The molecule has 0 aromatic heterocycles. The van der Waals surface area contributed by atoms with Gasteiger partial charge in [-0.25, -0.2) is 8.42 Å². The fourth-order valence-electron chi connectivity index (χ4n) is 4.95. The predicted molar refractivity (Wildman–Crippen MR) is 138 cm³/mol. The quantitative estimate of drug-likeness (QED) is 0.232. The zero-order valence-electron chi connectivity index (χ0n) is 19.2. The smallest absolute Gasteiger partial charge is 0.288 e. The van der Waals surface area contributed by atoms with E-state index in [2.05, 4.69) is 22.2 Å². The van der Waals surface area contributed by atoms with Crippen molar-refractivity contribution in [3.05, 3.63) is 104 Å². The van der Waals surface area contributed by atoms with Crippen LogP contribution < -0.4 is 10.0 Å². The van der Waals surface area contributed by atoms with E-state index in [-0.39, 0.29) is 33.5 Å². The summed E-state index contributed by atoms with van der Waals surface area (Å²) in [6.07, 6.45) is 4.95. The first-order valence-corrected chi connectivity index (χ1v) is 13.1. The minimum atomic E-state index is -3.78. The molecule has 0 radical (unpaired) electrons. The molecule has 1 aliphatic carbocycles. The van der Waals surface area contributed by atoms with E-state index in [4.69, 9.17) is 11.6 Å². The Bertz CT molecular complexity index is 1490. The molecule has 35 heavy (non-hydrogen) atoms. The highest BCUT2D eigenvalue weighted by atomic mass is 35.5. The van der Waals surface area contributed by atoms with Crippen LogP contribution in [0.15, 0.2) is 71.6 Å². The molecule has 3 unspecified atom stereocenters. The van der Waals surface area contributed by atoms with Crippen molar-refractivity contribution in [3.63, 3.8) is 0 Å². The summed E-state index contributed by atoms with van der Waals surface area (Å²) >= 11 is 6.02. The standard InChI is InChI=1S/C26H24ClN3O4S/c1-15-6-8-18(12-16(15)2)29-35(33,34)19-9-11-24-22(14-19)20-4-3-5-21(20)26(28-24)17-7-10-23(27)25(13-17)30(31)32/h3-4,6-14,20-21,26,28-29H,5H2,1-2H3. The third kappa shape index (κ3) is 4.28. The summed E-state index contributed by atoms with van der Waals surface area (Å²) in [7, 11) is -3.78. The minimum absolute atomic E-state index is 0.0113. The number of benzene rings is 3. The van der Waals surface area contributed by atoms with Crippen molar-refractivity contribution in [1.82, 2.24) is 0 Å². The molecular weight excluding hydrogens is 486 g/mol. The van der Waals surface area contributed by atoms with Gasteiger partial charge in [-0.05, 0) is 84.8 Å². The number of halogens is 1. The number of sulfonamides is 1. The van der Waals surface area contributed by atoms with E-state index in [9.17, 15) is 18.5 Å². The number of hydrogen-bond acceptors (Lipinski definition) is 5. The van der Waals surface area contributed by atoms with Crippen molar-refractivity contribution in [1.29, 1.82) is 0 Å². The zero-order chi connectivity index (χ0) is 24.9. The third-order valence-electron chi connectivity index (χ3n) is 6.93. The highest BCUT2D eigenvalue weighted by molar-refractivity contribution is 7.92. The van der Waals surface area contributed by atoms with Gasteiger partial charge in [0.2, 0.25) is 0 Å². The molecule has 3 aromatic rings. The van der Waals surface area contributed by atoms with Crippen molar-refractivity contribution < 1.29 is 13.3 Å². The van der Waals surface area contributed by atoms with Crippen LogP contribution >= 0.6 is 11.6 Å². The van der Waals surface area contributed by atoms with Crippen LogP contribution in [-0.4, -0.2) is 13.3 Å². The molecule has 0 saturated carbocycles. The van der Waals surface area contributed by atoms with E-state index >= 15 is 0 Å². The van der Waals surface area contributed by atoms with Crippen molar-refractivity contribution in [3.8, 4) is 0 Å². The van der Waals surface area contributed by atoms with Crippen molar-refractivity contribution >= 4 is 38.7 Å². The van der Waals surface area contributed by atoms with Gasteiger partial charge in [-0.2, -0.15) is 0 Å². The average molecular weight is 510 g/mol. The lowest BCUT2D eigenvalue weighted by atomic mass is 9.77. The third-order valence-corrected chi connectivity index (χ3v) is 8.63. The van der Waals surface area contributed by atoms with E-state index in [1.165, 1.54) is 6.07 Å². The van der Waals surface area contributed by atoms with Gasteiger partial charge in [0.15, 0.2) is 0 Å². The molecule has 0 fully saturated rings. The molecule has 0 amide bonds. The molecule has 9 heteroatoms. The summed E-state index contributed by atoms with van der Waals surface area (Å²) < 4.78 is 29.0. The number of rotatable bonds is 5. The number of anilines is 2. The van der Waals surface area contributed by atoms with Gasteiger partial charge in [0, 0.05) is 23.4 Å². The lowest BCUT2D eigenvalue weighted by molar-refractivity contribution is -0.384. The monoisotopic (exact) mass is 509 g/mol. The second-order valence-corrected chi connectivity index (χ2v) is 11.2. The van der Waals surface area contributed by atoms with Gasteiger partial charge in [-0.1, -0.05) is 35.9 Å². The van der Waals surface area contributed by atoms with Crippen molar-refractivity contribution in [2.24, 2.45) is 5.92 Å². The number of allylic oxidation sites excluding steroid dienone is 2. The summed E-state index contributed by atoms with van der Waals surface area (Å²) in [6, 6.07) is 15.2. The molecule has 7 nitrogen and oxygen atoms in total. The lowest BCUT2D eigenvalue weighted by Crippen LogP contribution is -2.29. The van der Waals surface area contributed by atoms with Gasteiger partial charge in [0.1, 0.15) is 5.02 Å². The Kier molecular flexibility index (Phi) is 5.81. The molecule has 5 rings (SSSR count). The Morgan fingerprint density at radius 3 is 2.60 bits per heavy atom. The average Bonchev–Trinajstić information content (AvgIpc) is 3.31. The molecule has 0 spiro atoms. The summed E-state index contributed by atoms with van der Waals surface area (Å²) in [5.74, 6) is 0.0803. The summed E-state index contributed by atoms with van der Waals surface area (Å²) in [5.41, 5.74) is 4.97. The topological polar surface area (TPSA) is 101 Å². The van der Waals surface area contributed by atoms with E-state index in [0.717, 1.165) is 34.4 Å². The maximum atomic E-state index is 13.2. The first kappa shape index (κ1) is 23.4. The van der Waals surface area contributed by atoms with E-state index in [1.807, 2.05) is 26.0 Å². The maximum absolute atomic E-state index is 13.2. The van der Waals surface area contributed by atoms with Crippen molar-refractivity contribution in [2.75, 3.05) is 10.0 Å². The molecule has 0 bridgehead atoms. The summed E-state index contributed by atoms with van der Waals surface area (Å²) in [4.78, 5) is 11.1. The van der Waals surface area contributed by atoms with Crippen LogP contribution in [0, 0.1) is 29.9 Å². The fraction of sp³-hybridized carbons (Fsp3) is 0.231. The van der Waals surface area contributed by atoms with Crippen LogP contribution in [0.4, 0.5) is 17.1 Å². The van der Waals surface area contributed by atoms with E-state index in [1.54, 1.807) is 36.4 Å². The molecule has 1 heterocycles. The Balaban J connectivity index is 1.49. The number of nitro groups is 1. The second kappa shape index (κ2) is 8.70. The molecule has 3 aromatic carbocycles. The number of hydrogen-bond donors (Lipinski definition) is 2. The molecule has 2 N–H and O–H groups in total. The molecule has 0 saturated heterocycles. The van der Waals surface area contributed by atoms with Crippen LogP contribution in [0.3, 0.4) is 0 Å². The van der Waals surface area contributed by atoms with E-state index < -0.39 is 14.9 Å². The largest absolute Gasteiger partial charge is 0.378 e. The SMILES string of the molecule is Cc1ccc(NS(=O)(=O)c2ccc3c(c2)C2C=CCC2C(c2ccc(Cl)c([N+](=O)[O-])c2)N3)cc1C. The van der Waals surface area contributed by atoms with Crippen LogP contribution in [0.1, 0.15) is 40.6 Å². The first-order chi connectivity index (χ1) is 16.6. The normalized spacial score (nSPS) is 20.6. The van der Waals surface area contributed by atoms with Gasteiger partial charge in [0.25, 0.3) is 15.7 Å². The van der Waals surface area contributed by atoms with E-state index in [0.29, 0.717) is 5.69 Å². The highest BCUT2D eigenvalue weighted by Crippen LogP contribution is 2.50. The predicted octanol–water partition coefficient (Wildman–Crippen LogP) is 6.49. The maximum Gasteiger partial charge on any atom is 0.288 e. The molecule has 180 valence electrons. The number of nitrogens with one attached hydrogen (secondary N) is 2. The van der Waals surface area contributed by atoms with Gasteiger partial charge >= 0.3 is 0 Å². The Labute approximate surface area is 209 Å². The first-order valence-electron chi connectivity index (χ1n) is 11.2. The van der Waals surface area contributed by atoms with Crippen LogP contribution in [0.25, 0.3) is 0 Å². The lowest BCUT2D eigenvalue weighted by Gasteiger charge is -2.37. The molecule has 3 atom stereocenters. The molecule has 2 aliphatic rings. The summed E-state index contributed by atoms with van der Waals surface area (Å²) in [6.45, 7) is 3.92. The Morgan fingerprint density at radius 1 is 1.06 bits per heavy atom. The number of nitro benzene ring substituents is 1. The Hall–Kier alpha value is -3.36. The van der Waals surface area contributed by atoms with Gasteiger partial charge in [-0.15, -0.1) is 0 Å². The van der Waals surface area contributed by atoms with Gasteiger partial charge in [-0.3, -0.25) is 14.8 Å². The second-order valence-electron chi connectivity index (χ2n) is 9.10. The molecular formula is C26H24ClN3O4S. The van der Waals surface area contributed by atoms with Crippen LogP contribution in [0.2, 0.25) is 5.02 Å². The number of aryl methyl sites for hydroxylation is 2. The zero-order valence-corrected chi connectivity index (χ0v) is 20.7. The van der Waals surface area contributed by atoms with Gasteiger partial charge < -0.3 is 5.32 Å². The number of nitrogens with zero attached hydrogens (tertiary/aromatic N) is 1. The fourth-order valence-corrected chi connectivity index (χ4v) is 6.22. The number of fused-ring (bicyclic) bond motifs is 3. The molecule has 1 aliphatic heterocycles. The van der Waals surface area contributed by atoms with Crippen LogP contribution in [-0.2, 0) is 10.0 Å². The summed E-state index contributed by atoms with van der Waals surface area (Å²) in [5, 5.41) is 15.0. The van der Waals surface area contributed by atoms with Crippen LogP contribution in [0.5, 0.6) is 0 Å². The van der Waals surface area contributed by atoms with Gasteiger partial charge in [0.05, 0.1) is 15.9 Å². The van der Waals surface area contributed by atoms with Crippen molar-refractivity contribution in [2.45, 2.75) is 37.1 Å². The minimum Gasteiger partial charge on any atom is -0.378 e. The Morgan fingerprint density at radius 2 is 1.86 bits per heavy atom.